The minimum Gasteiger partial charge on any atom is -0.481 e. The number of hydrogen-bond donors (Lipinski definition) is 2. The highest BCUT2D eigenvalue weighted by molar-refractivity contribution is 5.72. The summed E-state index contributed by atoms with van der Waals surface area (Å²) in [5, 5.41) is 8.81. The summed E-state index contributed by atoms with van der Waals surface area (Å²) >= 11 is 0. The Morgan fingerprint density at radius 1 is 1.67 bits per heavy atom. The molecule has 0 aromatic rings. The third-order valence-electron chi connectivity index (χ3n) is 2.56. The number of carboxylic acid groups (broad SMARTS) is 1. The molecule has 1 aliphatic rings. The van der Waals surface area contributed by atoms with Crippen LogP contribution in [0.3, 0.4) is 0 Å². The molecule has 3 N–H and O–H groups in total. The maximum atomic E-state index is 10.7. The van der Waals surface area contributed by atoms with E-state index in [9.17, 15) is 4.79 Å². The van der Waals surface area contributed by atoms with Crippen molar-refractivity contribution in [2.75, 3.05) is 0 Å². The largest absolute Gasteiger partial charge is 0.481 e. The van der Waals surface area contributed by atoms with Crippen LogP contribution in [-0.4, -0.2) is 17.1 Å². The standard InChI is InChI=1S/C9H15NO2/c1-2-8(9(11)12)6-3-4-7(10)5-6/h2,6-8H,1,3-5,10H2,(H,11,12). The molecule has 1 saturated carbocycles. The van der Waals surface area contributed by atoms with Crippen molar-refractivity contribution in [2.45, 2.75) is 25.3 Å². The zero-order valence-corrected chi connectivity index (χ0v) is 7.07. The second-order valence-corrected chi connectivity index (χ2v) is 3.43. The predicted octanol–water partition coefficient (Wildman–Crippen LogP) is 1.00. The Morgan fingerprint density at radius 3 is 2.67 bits per heavy atom. The fourth-order valence-electron chi connectivity index (χ4n) is 1.87. The molecular formula is C9H15NO2. The maximum Gasteiger partial charge on any atom is 0.310 e. The fourth-order valence-corrected chi connectivity index (χ4v) is 1.87. The maximum absolute atomic E-state index is 10.7. The SMILES string of the molecule is C=CC(C(=O)O)C1CCC(N)C1. The highest BCUT2D eigenvalue weighted by atomic mass is 16.4. The number of hydrogen-bond acceptors (Lipinski definition) is 2. The van der Waals surface area contributed by atoms with Crippen molar-refractivity contribution in [2.24, 2.45) is 17.6 Å². The Balaban J connectivity index is 2.55. The molecule has 68 valence electrons. The van der Waals surface area contributed by atoms with E-state index in [-0.39, 0.29) is 12.0 Å². The number of rotatable bonds is 3. The molecule has 0 heterocycles. The van der Waals surface area contributed by atoms with E-state index in [1.165, 1.54) is 6.08 Å². The molecule has 0 radical (unpaired) electrons. The van der Waals surface area contributed by atoms with Crippen LogP contribution in [0.4, 0.5) is 0 Å². The van der Waals surface area contributed by atoms with E-state index in [1.807, 2.05) is 0 Å². The monoisotopic (exact) mass is 169 g/mol. The van der Waals surface area contributed by atoms with E-state index in [4.69, 9.17) is 10.8 Å². The van der Waals surface area contributed by atoms with E-state index < -0.39 is 11.9 Å². The third kappa shape index (κ3) is 1.85. The average molecular weight is 169 g/mol. The van der Waals surface area contributed by atoms with Crippen LogP contribution in [0.1, 0.15) is 19.3 Å². The number of carbonyl (C=O) groups is 1. The first kappa shape index (κ1) is 9.26. The van der Waals surface area contributed by atoms with Gasteiger partial charge in [-0.2, -0.15) is 0 Å². The molecule has 12 heavy (non-hydrogen) atoms. The van der Waals surface area contributed by atoms with E-state index in [1.54, 1.807) is 0 Å². The van der Waals surface area contributed by atoms with Crippen molar-refractivity contribution in [1.29, 1.82) is 0 Å². The first-order chi connectivity index (χ1) is 5.65. The smallest absolute Gasteiger partial charge is 0.310 e. The van der Waals surface area contributed by atoms with Gasteiger partial charge in [-0.3, -0.25) is 4.79 Å². The number of carboxylic acids is 1. The normalized spacial score (nSPS) is 31.4. The van der Waals surface area contributed by atoms with Crippen molar-refractivity contribution in [1.82, 2.24) is 0 Å². The lowest BCUT2D eigenvalue weighted by Gasteiger charge is -2.14. The lowest BCUT2D eigenvalue weighted by atomic mass is 9.91. The second-order valence-electron chi connectivity index (χ2n) is 3.43. The number of nitrogens with two attached hydrogens (primary N) is 1. The molecule has 0 saturated heterocycles. The van der Waals surface area contributed by atoms with Gasteiger partial charge in [-0.1, -0.05) is 6.08 Å². The first-order valence-corrected chi connectivity index (χ1v) is 4.26. The first-order valence-electron chi connectivity index (χ1n) is 4.26. The van der Waals surface area contributed by atoms with Gasteiger partial charge in [-0.05, 0) is 25.2 Å². The van der Waals surface area contributed by atoms with E-state index >= 15 is 0 Å². The Hall–Kier alpha value is -0.830. The highest BCUT2D eigenvalue weighted by Crippen LogP contribution is 2.31. The second kappa shape index (κ2) is 3.72. The summed E-state index contributed by atoms with van der Waals surface area (Å²) in [5.41, 5.74) is 5.69. The quantitative estimate of drug-likeness (QED) is 0.619. The van der Waals surface area contributed by atoms with Gasteiger partial charge in [0, 0.05) is 6.04 Å². The molecule has 1 fully saturated rings. The molecule has 1 aliphatic carbocycles. The molecule has 3 atom stereocenters. The Morgan fingerprint density at radius 2 is 2.33 bits per heavy atom. The van der Waals surface area contributed by atoms with E-state index in [2.05, 4.69) is 6.58 Å². The van der Waals surface area contributed by atoms with E-state index in [0.29, 0.717) is 0 Å². The van der Waals surface area contributed by atoms with Gasteiger partial charge in [-0.15, -0.1) is 6.58 Å². The van der Waals surface area contributed by atoms with Gasteiger partial charge in [0.15, 0.2) is 0 Å². The van der Waals surface area contributed by atoms with Crippen molar-refractivity contribution < 1.29 is 9.90 Å². The molecule has 0 spiro atoms. The minimum atomic E-state index is -0.774. The zero-order chi connectivity index (χ0) is 9.14. The molecule has 3 unspecified atom stereocenters. The Bertz CT molecular complexity index is 191. The van der Waals surface area contributed by atoms with Crippen molar-refractivity contribution in [3.05, 3.63) is 12.7 Å². The summed E-state index contributed by atoms with van der Waals surface area (Å²) in [4.78, 5) is 10.7. The van der Waals surface area contributed by atoms with Crippen molar-refractivity contribution >= 4 is 5.97 Å². The molecule has 3 nitrogen and oxygen atoms in total. The van der Waals surface area contributed by atoms with Crippen LogP contribution < -0.4 is 5.73 Å². The summed E-state index contributed by atoms with van der Waals surface area (Å²) in [6, 6.07) is 0.191. The highest BCUT2D eigenvalue weighted by Gasteiger charge is 2.31. The Labute approximate surface area is 72.3 Å². The van der Waals surface area contributed by atoms with Crippen LogP contribution >= 0.6 is 0 Å². The summed E-state index contributed by atoms with van der Waals surface area (Å²) < 4.78 is 0. The van der Waals surface area contributed by atoms with Gasteiger partial charge >= 0.3 is 5.97 Å². The van der Waals surface area contributed by atoms with Gasteiger partial charge in [0.2, 0.25) is 0 Å². The lowest BCUT2D eigenvalue weighted by molar-refractivity contribution is -0.141. The summed E-state index contributed by atoms with van der Waals surface area (Å²) in [6.07, 6.45) is 4.21. The molecular weight excluding hydrogens is 154 g/mol. The molecule has 3 heteroatoms. The molecule has 0 aromatic heterocycles. The summed E-state index contributed by atoms with van der Waals surface area (Å²) in [6.45, 7) is 3.53. The van der Waals surface area contributed by atoms with Crippen LogP contribution in [-0.2, 0) is 4.79 Å². The van der Waals surface area contributed by atoms with Gasteiger partial charge in [0.05, 0.1) is 5.92 Å². The zero-order valence-electron chi connectivity index (χ0n) is 7.07. The van der Waals surface area contributed by atoms with Gasteiger partial charge in [0.25, 0.3) is 0 Å². The third-order valence-corrected chi connectivity index (χ3v) is 2.56. The predicted molar refractivity (Wildman–Crippen MR) is 46.6 cm³/mol. The van der Waals surface area contributed by atoms with Crippen LogP contribution in [0, 0.1) is 11.8 Å². The minimum absolute atomic E-state index is 0.191. The topological polar surface area (TPSA) is 63.3 Å². The van der Waals surface area contributed by atoms with Crippen LogP contribution in [0.2, 0.25) is 0 Å². The van der Waals surface area contributed by atoms with Crippen LogP contribution in [0.15, 0.2) is 12.7 Å². The van der Waals surface area contributed by atoms with Gasteiger partial charge in [-0.25, -0.2) is 0 Å². The van der Waals surface area contributed by atoms with Gasteiger partial charge < -0.3 is 10.8 Å². The Kier molecular flexibility index (Phi) is 2.87. The molecule has 0 aromatic carbocycles. The molecule has 0 amide bonds. The van der Waals surface area contributed by atoms with Gasteiger partial charge in [0.1, 0.15) is 0 Å². The fraction of sp³-hybridized carbons (Fsp3) is 0.667. The lowest BCUT2D eigenvalue weighted by Crippen LogP contribution is -2.22. The van der Waals surface area contributed by atoms with Crippen molar-refractivity contribution in [3.63, 3.8) is 0 Å². The van der Waals surface area contributed by atoms with Crippen LogP contribution in [0.25, 0.3) is 0 Å². The number of aliphatic carboxylic acids is 1. The molecule has 0 aliphatic heterocycles. The van der Waals surface area contributed by atoms with E-state index in [0.717, 1.165) is 19.3 Å². The summed E-state index contributed by atoms with van der Waals surface area (Å²) in [7, 11) is 0. The van der Waals surface area contributed by atoms with Crippen molar-refractivity contribution in [3.8, 4) is 0 Å². The average Bonchev–Trinajstić information content (AvgIpc) is 2.37. The van der Waals surface area contributed by atoms with Crippen LogP contribution in [0.5, 0.6) is 0 Å². The molecule has 1 rings (SSSR count). The molecule has 0 bridgehead atoms. The summed E-state index contributed by atoms with van der Waals surface area (Å²) in [5.74, 6) is -0.974.